The summed E-state index contributed by atoms with van der Waals surface area (Å²) < 4.78 is 2.15. The van der Waals surface area contributed by atoms with Crippen LogP contribution in [-0.4, -0.2) is 25.0 Å². The van der Waals surface area contributed by atoms with E-state index in [0.29, 0.717) is 12.5 Å². The number of rotatable bonds is 5. The van der Waals surface area contributed by atoms with Crippen LogP contribution in [0.25, 0.3) is 0 Å². The van der Waals surface area contributed by atoms with Crippen molar-refractivity contribution in [3.63, 3.8) is 0 Å². The quantitative estimate of drug-likeness (QED) is 0.861. The van der Waals surface area contributed by atoms with Gasteiger partial charge in [0.1, 0.15) is 0 Å². The minimum absolute atomic E-state index is 0.279. The molecule has 0 aliphatic heterocycles. The number of likely N-dealkylation sites (N-methyl/N-ethyl adjacent to an activating group) is 1. The van der Waals surface area contributed by atoms with Crippen molar-refractivity contribution in [1.82, 2.24) is 4.90 Å². The van der Waals surface area contributed by atoms with E-state index in [1.54, 1.807) is 0 Å². The largest absolute Gasteiger partial charge is 0.329 e. The Kier molecular flexibility index (Phi) is 6.13. The normalized spacial score (nSPS) is 13.4. The Morgan fingerprint density at radius 2 is 1.88 bits per heavy atom. The molecule has 96 valence electrons. The van der Waals surface area contributed by atoms with E-state index in [4.69, 9.17) is 5.73 Å². The van der Waals surface area contributed by atoms with Gasteiger partial charge in [-0.2, -0.15) is 0 Å². The van der Waals surface area contributed by atoms with E-state index in [1.807, 2.05) is 0 Å². The van der Waals surface area contributed by atoms with Crippen molar-refractivity contribution in [3.8, 4) is 0 Å². The van der Waals surface area contributed by atoms with Crippen LogP contribution in [0.3, 0.4) is 0 Å². The van der Waals surface area contributed by atoms with E-state index in [0.717, 1.165) is 15.5 Å². The molecule has 0 saturated heterocycles. The minimum atomic E-state index is 0.279. The summed E-state index contributed by atoms with van der Waals surface area (Å²) in [5, 5.41) is 0. The molecule has 0 saturated carbocycles. The van der Waals surface area contributed by atoms with Crippen molar-refractivity contribution in [2.75, 3.05) is 20.1 Å². The fourth-order valence-electron chi connectivity index (χ4n) is 1.99. The molecule has 1 rings (SSSR count). The summed E-state index contributed by atoms with van der Waals surface area (Å²) in [5.41, 5.74) is 7.16. The van der Waals surface area contributed by atoms with Gasteiger partial charge < -0.3 is 5.73 Å². The topological polar surface area (TPSA) is 29.3 Å². The van der Waals surface area contributed by atoms with Crippen LogP contribution >= 0.6 is 31.9 Å². The predicted octanol–water partition coefficient (Wildman–Crippen LogP) is 3.80. The van der Waals surface area contributed by atoms with Crippen LogP contribution in [0.5, 0.6) is 0 Å². The van der Waals surface area contributed by atoms with Gasteiger partial charge >= 0.3 is 0 Å². The third-order valence-corrected chi connectivity index (χ3v) is 4.62. The monoisotopic (exact) mass is 362 g/mol. The molecule has 1 unspecified atom stereocenters. The van der Waals surface area contributed by atoms with Gasteiger partial charge in [-0.1, -0.05) is 19.9 Å². The Morgan fingerprint density at radius 3 is 2.35 bits per heavy atom. The second-order valence-corrected chi connectivity index (χ2v) is 6.47. The number of halogens is 2. The number of benzene rings is 1. The highest BCUT2D eigenvalue weighted by Crippen LogP contribution is 2.28. The molecular formula is C13H20Br2N2. The highest BCUT2D eigenvalue weighted by molar-refractivity contribution is 9.13. The van der Waals surface area contributed by atoms with Gasteiger partial charge in [0.25, 0.3) is 0 Å². The lowest BCUT2D eigenvalue weighted by molar-refractivity contribution is 0.223. The molecule has 2 nitrogen and oxygen atoms in total. The molecule has 0 bridgehead atoms. The van der Waals surface area contributed by atoms with E-state index < -0.39 is 0 Å². The number of hydrogen-bond donors (Lipinski definition) is 1. The standard InChI is InChI=1S/C13H20Br2N2/c1-9(2)8-17(3)13(7-16)10-4-5-11(14)12(15)6-10/h4-6,9,13H,7-8,16H2,1-3H3. The first-order chi connectivity index (χ1) is 7.95. The Labute approximate surface area is 121 Å². The number of nitrogens with two attached hydrogens (primary N) is 1. The van der Waals surface area contributed by atoms with Gasteiger partial charge in [0.15, 0.2) is 0 Å². The Balaban J connectivity index is 2.89. The summed E-state index contributed by atoms with van der Waals surface area (Å²) in [6.07, 6.45) is 0. The summed E-state index contributed by atoms with van der Waals surface area (Å²) in [7, 11) is 2.13. The summed E-state index contributed by atoms with van der Waals surface area (Å²) in [4.78, 5) is 2.32. The molecule has 0 spiro atoms. The molecule has 2 N–H and O–H groups in total. The average molecular weight is 364 g/mol. The lowest BCUT2D eigenvalue weighted by Crippen LogP contribution is -2.33. The van der Waals surface area contributed by atoms with Crippen LogP contribution in [0.4, 0.5) is 0 Å². The lowest BCUT2D eigenvalue weighted by Gasteiger charge is -2.29. The van der Waals surface area contributed by atoms with Gasteiger partial charge in [0.05, 0.1) is 0 Å². The molecule has 0 aliphatic carbocycles. The maximum Gasteiger partial charge on any atom is 0.0467 e. The van der Waals surface area contributed by atoms with Crippen LogP contribution in [0.1, 0.15) is 25.5 Å². The van der Waals surface area contributed by atoms with Gasteiger partial charge in [-0.25, -0.2) is 0 Å². The Hall–Kier alpha value is 0.1000. The molecule has 0 amide bonds. The van der Waals surface area contributed by atoms with Crippen LogP contribution in [0, 0.1) is 5.92 Å². The smallest absolute Gasteiger partial charge is 0.0467 e. The van der Waals surface area contributed by atoms with Crippen LogP contribution in [0.15, 0.2) is 27.1 Å². The first-order valence-electron chi connectivity index (χ1n) is 5.81. The molecular weight excluding hydrogens is 344 g/mol. The molecule has 0 radical (unpaired) electrons. The van der Waals surface area contributed by atoms with Crippen molar-refractivity contribution < 1.29 is 0 Å². The van der Waals surface area contributed by atoms with Crippen LogP contribution < -0.4 is 5.73 Å². The predicted molar refractivity (Wildman–Crippen MR) is 81.1 cm³/mol. The van der Waals surface area contributed by atoms with Gasteiger partial charge in [-0.15, -0.1) is 0 Å². The van der Waals surface area contributed by atoms with Crippen LogP contribution in [-0.2, 0) is 0 Å². The second-order valence-electron chi connectivity index (χ2n) is 4.76. The van der Waals surface area contributed by atoms with E-state index in [-0.39, 0.29) is 6.04 Å². The van der Waals surface area contributed by atoms with Gasteiger partial charge in [-0.3, -0.25) is 4.90 Å². The zero-order valence-corrected chi connectivity index (χ0v) is 13.8. The second kappa shape index (κ2) is 6.88. The third kappa shape index (κ3) is 4.36. The van der Waals surface area contributed by atoms with Crippen molar-refractivity contribution in [2.45, 2.75) is 19.9 Å². The van der Waals surface area contributed by atoms with E-state index >= 15 is 0 Å². The molecule has 1 atom stereocenters. The van der Waals surface area contributed by atoms with Crippen molar-refractivity contribution >= 4 is 31.9 Å². The molecule has 17 heavy (non-hydrogen) atoms. The lowest BCUT2D eigenvalue weighted by atomic mass is 10.0. The Morgan fingerprint density at radius 1 is 1.24 bits per heavy atom. The minimum Gasteiger partial charge on any atom is -0.329 e. The highest BCUT2D eigenvalue weighted by Gasteiger charge is 2.16. The van der Waals surface area contributed by atoms with Crippen molar-refractivity contribution in [2.24, 2.45) is 11.7 Å². The summed E-state index contributed by atoms with van der Waals surface area (Å²) in [6.45, 7) is 6.13. The molecule has 4 heteroatoms. The maximum absolute atomic E-state index is 5.90. The summed E-state index contributed by atoms with van der Waals surface area (Å²) >= 11 is 7.02. The fraction of sp³-hybridized carbons (Fsp3) is 0.538. The first-order valence-corrected chi connectivity index (χ1v) is 7.39. The van der Waals surface area contributed by atoms with E-state index in [1.165, 1.54) is 5.56 Å². The first kappa shape index (κ1) is 15.2. The molecule has 0 fully saturated rings. The summed E-state index contributed by atoms with van der Waals surface area (Å²) in [6, 6.07) is 6.61. The van der Waals surface area contributed by atoms with Gasteiger partial charge in [0, 0.05) is 28.1 Å². The molecule has 0 heterocycles. The van der Waals surface area contributed by atoms with E-state index in [9.17, 15) is 0 Å². The number of nitrogens with zero attached hydrogens (tertiary/aromatic N) is 1. The SMILES string of the molecule is CC(C)CN(C)C(CN)c1ccc(Br)c(Br)c1. The zero-order valence-electron chi connectivity index (χ0n) is 10.6. The van der Waals surface area contributed by atoms with Crippen molar-refractivity contribution in [3.05, 3.63) is 32.7 Å². The van der Waals surface area contributed by atoms with Crippen LogP contribution in [0.2, 0.25) is 0 Å². The van der Waals surface area contributed by atoms with Crippen molar-refractivity contribution in [1.29, 1.82) is 0 Å². The molecule has 0 aliphatic rings. The zero-order chi connectivity index (χ0) is 13.0. The molecule has 1 aromatic rings. The highest BCUT2D eigenvalue weighted by atomic mass is 79.9. The van der Waals surface area contributed by atoms with Gasteiger partial charge in [-0.05, 0) is 62.5 Å². The molecule has 1 aromatic carbocycles. The third-order valence-electron chi connectivity index (χ3n) is 2.74. The maximum atomic E-state index is 5.90. The average Bonchev–Trinajstić information content (AvgIpc) is 2.23. The Bertz CT molecular complexity index is 366. The fourth-order valence-corrected chi connectivity index (χ4v) is 2.64. The van der Waals surface area contributed by atoms with E-state index in [2.05, 4.69) is 75.9 Å². The number of hydrogen-bond acceptors (Lipinski definition) is 2. The van der Waals surface area contributed by atoms with Gasteiger partial charge in [0.2, 0.25) is 0 Å². The molecule has 0 aromatic heterocycles. The summed E-state index contributed by atoms with van der Waals surface area (Å²) in [5.74, 6) is 0.646.